The van der Waals surface area contributed by atoms with E-state index in [-0.39, 0.29) is 18.2 Å². The molecule has 14 heteroatoms. The van der Waals surface area contributed by atoms with E-state index in [1.807, 2.05) is 0 Å². The zero-order chi connectivity index (χ0) is 25.3. The maximum atomic E-state index is 13.9. The number of amides is 1. The van der Waals surface area contributed by atoms with E-state index in [2.05, 4.69) is 31.4 Å². The largest absolute Gasteiger partial charge is 0.470 e. The molecule has 0 saturated carbocycles. The molecule has 0 saturated heterocycles. The zero-order valence-electron chi connectivity index (χ0n) is 17.2. The van der Waals surface area contributed by atoms with Gasteiger partial charge in [-0.05, 0) is 24.3 Å². The summed E-state index contributed by atoms with van der Waals surface area (Å²) >= 11 is 9.37. The molecule has 0 radical (unpaired) electrons. The Balaban J connectivity index is 1.40. The second-order valence-corrected chi connectivity index (χ2v) is 8.31. The van der Waals surface area contributed by atoms with Crippen LogP contribution in [0.4, 0.5) is 27.8 Å². The Bertz CT molecular complexity index is 1400. The monoisotopic (exact) mass is 575 g/mol. The lowest BCUT2D eigenvalue weighted by Crippen LogP contribution is -2.15. The lowest BCUT2D eigenvalue weighted by molar-refractivity contribution is 0.101. The smallest absolute Gasteiger partial charge is 0.277 e. The number of carbonyl (C=O) groups is 1. The van der Waals surface area contributed by atoms with Crippen LogP contribution in [0.15, 0.2) is 47.2 Å². The van der Waals surface area contributed by atoms with Gasteiger partial charge in [0, 0.05) is 22.9 Å². The summed E-state index contributed by atoms with van der Waals surface area (Å²) < 4.78 is 76.3. The molecular formula is C21H12BrClF5N5O2. The van der Waals surface area contributed by atoms with E-state index in [4.69, 9.17) is 16.3 Å². The molecule has 2 aromatic carbocycles. The van der Waals surface area contributed by atoms with Gasteiger partial charge in [0.1, 0.15) is 5.75 Å². The van der Waals surface area contributed by atoms with Crippen molar-refractivity contribution in [2.24, 2.45) is 0 Å². The van der Waals surface area contributed by atoms with Crippen LogP contribution >= 0.6 is 27.5 Å². The van der Waals surface area contributed by atoms with Gasteiger partial charge in [-0.25, -0.2) is 26.6 Å². The first-order chi connectivity index (χ1) is 16.6. The van der Waals surface area contributed by atoms with Crippen molar-refractivity contribution < 1.29 is 31.5 Å². The van der Waals surface area contributed by atoms with Crippen LogP contribution < -0.4 is 10.1 Å². The molecule has 0 bridgehead atoms. The Labute approximate surface area is 207 Å². The normalized spacial score (nSPS) is 11.1. The molecule has 0 aliphatic rings. The average Bonchev–Trinajstić information content (AvgIpc) is 3.48. The van der Waals surface area contributed by atoms with Gasteiger partial charge in [0.25, 0.3) is 5.91 Å². The summed E-state index contributed by atoms with van der Waals surface area (Å²) in [5, 5.41) is 10.7. The van der Waals surface area contributed by atoms with Gasteiger partial charge in [0.15, 0.2) is 41.5 Å². The van der Waals surface area contributed by atoms with Gasteiger partial charge < -0.3 is 10.1 Å². The minimum atomic E-state index is -2.25. The molecule has 4 rings (SSSR count). The van der Waals surface area contributed by atoms with Crippen molar-refractivity contribution >= 4 is 39.3 Å². The second-order valence-electron chi connectivity index (χ2n) is 6.99. The fourth-order valence-electron chi connectivity index (χ4n) is 2.93. The molecule has 7 nitrogen and oxygen atoms in total. The van der Waals surface area contributed by atoms with E-state index >= 15 is 0 Å². The van der Waals surface area contributed by atoms with E-state index in [0.29, 0.717) is 10.8 Å². The fourth-order valence-corrected chi connectivity index (χ4v) is 3.66. The number of carbonyl (C=O) groups excluding carboxylic acids is 1. The third-order valence-electron chi connectivity index (χ3n) is 4.62. The number of hydrogen-bond donors (Lipinski definition) is 1. The highest BCUT2D eigenvalue weighted by Crippen LogP contribution is 2.28. The number of hydrogen-bond acceptors (Lipinski definition) is 4. The Morgan fingerprint density at radius 3 is 2.29 bits per heavy atom. The summed E-state index contributed by atoms with van der Waals surface area (Å²) in [6.07, 6.45) is 2.69. The van der Waals surface area contributed by atoms with Crippen molar-refractivity contribution in [2.75, 3.05) is 5.32 Å². The van der Waals surface area contributed by atoms with Crippen LogP contribution in [0.25, 0.3) is 0 Å². The molecule has 1 N–H and O–H groups in total. The third kappa shape index (κ3) is 5.30. The number of rotatable bonds is 7. The summed E-state index contributed by atoms with van der Waals surface area (Å²) in [7, 11) is 0. The number of anilines is 1. The fraction of sp³-hybridized carbons (Fsp3) is 0.0952. The van der Waals surface area contributed by atoms with Crippen LogP contribution in [-0.2, 0) is 13.3 Å². The van der Waals surface area contributed by atoms with Crippen LogP contribution in [0.3, 0.4) is 0 Å². The van der Waals surface area contributed by atoms with Gasteiger partial charge in [-0.15, -0.1) is 0 Å². The third-order valence-corrected chi connectivity index (χ3v) is 5.41. The van der Waals surface area contributed by atoms with Crippen LogP contribution in [0.1, 0.15) is 16.1 Å². The number of halogens is 7. The first-order valence-corrected chi connectivity index (χ1v) is 10.8. The zero-order valence-corrected chi connectivity index (χ0v) is 19.5. The molecule has 182 valence electrons. The standard InChI is InChI=1S/C21H12BrClF5N5O2/c22-10-1-2-14(12(23)7-10)35-9-33-5-3-13(30-33)21(34)29-15-4-6-32(31-15)8-11-16(24)18(26)20(28)19(27)17(11)25/h1-7H,8-9H2,(H,29,31,34). The minimum Gasteiger partial charge on any atom is -0.470 e. The number of benzene rings is 2. The lowest BCUT2D eigenvalue weighted by Gasteiger charge is -2.08. The molecule has 2 heterocycles. The summed E-state index contributed by atoms with van der Waals surface area (Å²) in [6.45, 7) is -0.794. The highest BCUT2D eigenvalue weighted by molar-refractivity contribution is 9.10. The summed E-state index contributed by atoms with van der Waals surface area (Å²) in [6, 6.07) is 7.75. The SMILES string of the molecule is O=C(Nc1ccn(Cc2c(F)c(F)c(F)c(F)c2F)n1)c1ccn(COc2ccc(Br)cc2Cl)n1. The Morgan fingerprint density at radius 2 is 1.60 bits per heavy atom. The van der Waals surface area contributed by atoms with Crippen molar-refractivity contribution in [3.8, 4) is 5.75 Å². The van der Waals surface area contributed by atoms with Crippen LogP contribution in [0, 0.1) is 29.1 Å². The van der Waals surface area contributed by atoms with Crippen molar-refractivity contribution in [2.45, 2.75) is 13.3 Å². The van der Waals surface area contributed by atoms with Crippen molar-refractivity contribution in [1.82, 2.24) is 19.6 Å². The van der Waals surface area contributed by atoms with Gasteiger partial charge in [-0.1, -0.05) is 27.5 Å². The highest BCUT2D eigenvalue weighted by Gasteiger charge is 2.26. The lowest BCUT2D eigenvalue weighted by atomic mass is 10.1. The van der Waals surface area contributed by atoms with Crippen LogP contribution in [-0.4, -0.2) is 25.5 Å². The predicted octanol–water partition coefficient (Wildman–Crippen LogP) is 5.53. The maximum absolute atomic E-state index is 13.9. The van der Waals surface area contributed by atoms with Crippen molar-refractivity contribution in [1.29, 1.82) is 0 Å². The van der Waals surface area contributed by atoms with E-state index in [9.17, 15) is 26.7 Å². The summed E-state index contributed by atoms with van der Waals surface area (Å²) in [5.74, 6) is -10.6. The molecule has 0 spiro atoms. The van der Waals surface area contributed by atoms with E-state index in [1.54, 1.807) is 18.2 Å². The molecule has 0 fully saturated rings. The molecule has 0 aliphatic heterocycles. The van der Waals surface area contributed by atoms with Crippen molar-refractivity contribution in [3.05, 3.63) is 92.6 Å². The first kappa shape index (κ1) is 24.7. The van der Waals surface area contributed by atoms with Crippen LogP contribution in [0.2, 0.25) is 5.02 Å². The molecular weight excluding hydrogens is 565 g/mol. The molecule has 4 aromatic rings. The van der Waals surface area contributed by atoms with Gasteiger partial charge in [-0.3, -0.25) is 9.48 Å². The minimum absolute atomic E-state index is 0.00446. The van der Waals surface area contributed by atoms with E-state index < -0.39 is 47.1 Å². The predicted molar refractivity (Wildman–Crippen MR) is 118 cm³/mol. The average molecular weight is 577 g/mol. The van der Waals surface area contributed by atoms with Gasteiger partial charge in [0.05, 0.1) is 17.1 Å². The quantitative estimate of drug-likeness (QED) is 0.178. The summed E-state index contributed by atoms with van der Waals surface area (Å²) in [4.78, 5) is 12.4. The summed E-state index contributed by atoms with van der Waals surface area (Å²) in [5.41, 5.74) is -1.06. The topological polar surface area (TPSA) is 74.0 Å². The Hall–Kier alpha value is -3.45. The number of nitrogens with one attached hydrogen (secondary N) is 1. The van der Waals surface area contributed by atoms with Crippen LogP contribution in [0.5, 0.6) is 5.75 Å². The second kappa shape index (κ2) is 10.0. The Morgan fingerprint density at radius 1 is 0.943 bits per heavy atom. The maximum Gasteiger partial charge on any atom is 0.277 e. The van der Waals surface area contributed by atoms with Crippen molar-refractivity contribution in [3.63, 3.8) is 0 Å². The van der Waals surface area contributed by atoms with E-state index in [1.165, 1.54) is 29.2 Å². The van der Waals surface area contributed by atoms with Gasteiger partial charge in [0.2, 0.25) is 5.82 Å². The molecule has 35 heavy (non-hydrogen) atoms. The molecule has 0 atom stereocenters. The number of nitrogens with zero attached hydrogens (tertiary/aromatic N) is 4. The first-order valence-electron chi connectivity index (χ1n) is 9.60. The molecule has 0 unspecified atom stereocenters. The highest BCUT2D eigenvalue weighted by atomic mass is 79.9. The molecule has 1 amide bonds. The molecule has 0 aliphatic carbocycles. The number of aromatic nitrogens is 4. The van der Waals surface area contributed by atoms with Gasteiger partial charge in [-0.2, -0.15) is 10.2 Å². The van der Waals surface area contributed by atoms with Gasteiger partial charge >= 0.3 is 0 Å². The number of ether oxygens (including phenoxy) is 1. The van der Waals surface area contributed by atoms with E-state index in [0.717, 1.165) is 9.15 Å². The molecule has 2 aromatic heterocycles. The Kier molecular flexibility index (Phi) is 7.08.